The van der Waals surface area contributed by atoms with Gasteiger partial charge in [0.05, 0.1) is 6.21 Å². The van der Waals surface area contributed by atoms with Gasteiger partial charge in [-0.2, -0.15) is 14.9 Å². The zero-order valence-corrected chi connectivity index (χ0v) is 13.9. The van der Waals surface area contributed by atoms with Gasteiger partial charge in [0, 0.05) is 5.56 Å². The second kappa shape index (κ2) is 6.37. The average molecular weight is 342 g/mol. The summed E-state index contributed by atoms with van der Waals surface area (Å²) < 4.78 is 14.9. The van der Waals surface area contributed by atoms with E-state index >= 15 is 0 Å². The molecule has 2 N–H and O–H groups in total. The molecule has 3 aromatic rings. The normalized spacial score (nSPS) is 11.3. The van der Waals surface area contributed by atoms with Gasteiger partial charge in [-0.25, -0.2) is 9.49 Å². The molecular weight excluding hydrogens is 327 g/mol. The van der Waals surface area contributed by atoms with Crippen molar-refractivity contribution in [3.63, 3.8) is 0 Å². The van der Waals surface area contributed by atoms with Gasteiger partial charge >= 0.3 is 0 Å². The van der Waals surface area contributed by atoms with Crippen LogP contribution in [-0.4, -0.2) is 26.2 Å². The highest BCUT2D eigenvalue weighted by molar-refractivity contribution is 7.71. The Kier molecular flexibility index (Phi) is 4.26. The lowest BCUT2D eigenvalue weighted by molar-refractivity contribution is 0.467. The molecule has 0 amide bonds. The van der Waals surface area contributed by atoms with Crippen LogP contribution in [0.2, 0.25) is 0 Å². The number of hydrogen-bond donors (Lipinski definition) is 2. The summed E-state index contributed by atoms with van der Waals surface area (Å²) in [5, 5.41) is 21.0. The van der Waals surface area contributed by atoms with Crippen LogP contribution in [0, 0.1) is 24.4 Å². The standard InChI is InChI=1S/C17H15FN4OS/c1-10-7-12(8-11(2)15(10)23)9-19-22-16(20-21-17(22)24)13-3-5-14(18)6-4-13/h3-9,23H,1-2H3,(H,21,24)/b19-9+. The van der Waals surface area contributed by atoms with Crippen molar-refractivity contribution in [3.8, 4) is 17.1 Å². The number of hydrogen-bond acceptors (Lipinski definition) is 4. The Morgan fingerprint density at radius 3 is 2.46 bits per heavy atom. The van der Waals surface area contributed by atoms with E-state index in [-0.39, 0.29) is 11.6 Å². The predicted octanol–water partition coefficient (Wildman–Crippen LogP) is 3.95. The molecule has 1 aromatic heterocycles. The fourth-order valence-electron chi connectivity index (χ4n) is 2.37. The number of nitrogens with zero attached hydrogens (tertiary/aromatic N) is 3. The second-order valence-corrected chi connectivity index (χ2v) is 5.81. The van der Waals surface area contributed by atoms with E-state index < -0.39 is 0 Å². The molecule has 0 aliphatic rings. The Bertz CT molecular complexity index is 950. The van der Waals surface area contributed by atoms with Gasteiger partial charge in [0.1, 0.15) is 11.6 Å². The van der Waals surface area contributed by atoms with Crippen molar-refractivity contribution >= 4 is 18.4 Å². The second-order valence-electron chi connectivity index (χ2n) is 5.42. The van der Waals surface area contributed by atoms with E-state index in [0.717, 1.165) is 16.7 Å². The molecule has 0 saturated heterocycles. The minimum absolute atomic E-state index is 0.277. The van der Waals surface area contributed by atoms with Crippen LogP contribution >= 0.6 is 12.2 Å². The van der Waals surface area contributed by atoms with Gasteiger partial charge in [-0.3, -0.25) is 0 Å². The molecule has 0 aliphatic heterocycles. The molecule has 0 bridgehead atoms. The van der Waals surface area contributed by atoms with Crippen molar-refractivity contribution in [2.45, 2.75) is 13.8 Å². The summed E-state index contributed by atoms with van der Waals surface area (Å²) in [6, 6.07) is 9.59. The smallest absolute Gasteiger partial charge is 0.216 e. The maximum atomic E-state index is 13.1. The summed E-state index contributed by atoms with van der Waals surface area (Å²) in [5.74, 6) is 0.445. The van der Waals surface area contributed by atoms with Crippen LogP contribution in [0.25, 0.3) is 11.4 Å². The number of H-pyrrole nitrogens is 1. The van der Waals surface area contributed by atoms with Gasteiger partial charge in [0.25, 0.3) is 0 Å². The van der Waals surface area contributed by atoms with Crippen LogP contribution in [0.15, 0.2) is 41.5 Å². The van der Waals surface area contributed by atoms with Crippen molar-refractivity contribution in [1.82, 2.24) is 14.9 Å². The molecule has 1 heterocycles. The van der Waals surface area contributed by atoms with Crippen molar-refractivity contribution in [2.24, 2.45) is 5.10 Å². The lowest BCUT2D eigenvalue weighted by atomic mass is 10.1. The highest BCUT2D eigenvalue weighted by atomic mass is 32.1. The number of phenols is 1. The number of nitrogens with one attached hydrogen (secondary N) is 1. The fourth-order valence-corrected chi connectivity index (χ4v) is 2.55. The summed E-state index contributed by atoms with van der Waals surface area (Å²) in [5.41, 5.74) is 3.06. The molecule has 0 aliphatic carbocycles. The van der Waals surface area contributed by atoms with E-state index in [0.29, 0.717) is 16.2 Å². The number of aromatic nitrogens is 3. The molecule has 0 spiro atoms. The van der Waals surface area contributed by atoms with Crippen LogP contribution in [0.1, 0.15) is 16.7 Å². The molecule has 3 rings (SSSR count). The van der Waals surface area contributed by atoms with E-state index in [4.69, 9.17) is 12.2 Å². The Morgan fingerprint density at radius 2 is 1.83 bits per heavy atom. The highest BCUT2D eigenvalue weighted by Gasteiger charge is 2.08. The minimum atomic E-state index is -0.321. The van der Waals surface area contributed by atoms with Crippen LogP contribution in [-0.2, 0) is 0 Å². The monoisotopic (exact) mass is 342 g/mol. The predicted molar refractivity (Wildman–Crippen MR) is 93.4 cm³/mol. The van der Waals surface area contributed by atoms with Crippen molar-refractivity contribution in [2.75, 3.05) is 0 Å². The first-order chi connectivity index (χ1) is 11.5. The molecule has 0 radical (unpaired) electrons. The van der Waals surface area contributed by atoms with Gasteiger partial charge in [-0.05, 0) is 79.2 Å². The maximum absolute atomic E-state index is 13.1. The van der Waals surface area contributed by atoms with E-state index in [2.05, 4.69) is 15.3 Å². The number of phenolic OH excluding ortho intramolecular Hbond substituents is 1. The molecule has 5 nitrogen and oxygen atoms in total. The van der Waals surface area contributed by atoms with E-state index in [9.17, 15) is 9.50 Å². The summed E-state index contributed by atoms with van der Waals surface area (Å²) in [6.45, 7) is 3.65. The molecule has 0 fully saturated rings. The van der Waals surface area contributed by atoms with Crippen LogP contribution in [0.5, 0.6) is 5.75 Å². The van der Waals surface area contributed by atoms with Crippen LogP contribution in [0.4, 0.5) is 4.39 Å². The zero-order valence-electron chi connectivity index (χ0n) is 13.1. The van der Waals surface area contributed by atoms with Crippen molar-refractivity contribution in [3.05, 3.63) is 63.7 Å². The number of rotatable bonds is 3. The molecule has 2 aromatic carbocycles. The first-order valence-corrected chi connectivity index (χ1v) is 7.64. The molecule has 24 heavy (non-hydrogen) atoms. The summed E-state index contributed by atoms with van der Waals surface area (Å²) >= 11 is 5.20. The van der Waals surface area contributed by atoms with Gasteiger partial charge in [-0.1, -0.05) is 0 Å². The van der Waals surface area contributed by atoms with Crippen LogP contribution in [0.3, 0.4) is 0 Å². The number of aromatic hydroxyl groups is 1. The molecule has 0 unspecified atom stereocenters. The lowest BCUT2D eigenvalue weighted by Gasteiger charge is -2.05. The van der Waals surface area contributed by atoms with E-state index in [1.165, 1.54) is 16.8 Å². The molecule has 0 atom stereocenters. The number of aromatic amines is 1. The lowest BCUT2D eigenvalue weighted by Crippen LogP contribution is -1.96. The SMILES string of the molecule is Cc1cc(/C=N/n2c(-c3ccc(F)cc3)n[nH]c2=S)cc(C)c1O. The molecule has 122 valence electrons. The van der Waals surface area contributed by atoms with Crippen molar-refractivity contribution < 1.29 is 9.50 Å². The van der Waals surface area contributed by atoms with Gasteiger partial charge in [-0.15, -0.1) is 0 Å². The number of benzene rings is 2. The average Bonchev–Trinajstić information content (AvgIpc) is 2.92. The minimum Gasteiger partial charge on any atom is -0.507 e. The third kappa shape index (κ3) is 3.11. The Hall–Kier alpha value is -2.80. The van der Waals surface area contributed by atoms with Gasteiger partial charge in [0.2, 0.25) is 4.77 Å². The number of aryl methyl sites for hydroxylation is 2. The molecular formula is C17H15FN4OS. The fraction of sp³-hybridized carbons (Fsp3) is 0.118. The summed E-state index contributed by atoms with van der Waals surface area (Å²) in [6.07, 6.45) is 1.64. The molecule has 0 saturated carbocycles. The third-order valence-corrected chi connectivity index (χ3v) is 3.85. The summed E-state index contributed by atoms with van der Waals surface area (Å²) in [7, 11) is 0. The molecule has 7 heteroatoms. The van der Waals surface area contributed by atoms with Crippen molar-refractivity contribution in [1.29, 1.82) is 0 Å². The maximum Gasteiger partial charge on any atom is 0.216 e. The third-order valence-electron chi connectivity index (χ3n) is 3.59. The van der Waals surface area contributed by atoms with Gasteiger partial charge in [0.15, 0.2) is 5.82 Å². The van der Waals surface area contributed by atoms with E-state index in [1.54, 1.807) is 18.3 Å². The van der Waals surface area contributed by atoms with E-state index in [1.807, 2.05) is 26.0 Å². The quantitative estimate of drug-likeness (QED) is 0.559. The Morgan fingerprint density at radius 1 is 1.21 bits per heavy atom. The zero-order chi connectivity index (χ0) is 17.3. The summed E-state index contributed by atoms with van der Waals surface area (Å²) in [4.78, 5) is 0. The Balaban J connectivity index is 2.00. The Labute approximate surface area is 143 Å². The van der Waals surface area contributed by atoms with Crippen LogP contribution < -0.4 is 0 Å². The largest absolute Gasteiger partial charge is 0.507 e. The highest BCUT2D eigenvalue weighted by Crippen LogP contribution is 2.22. The first kappa shape index (κ1) is 16.1. The topological polar surface area (TPSA) is 66.2 Å². The first-order valence-electron chi connectivity index (χ1n) is 7.23. The number of halogens is 1. The van der Waals surface area contributed by atoms with Gasteiger partial charge < -0.3 is 5.11 Å².